The van der Waals surface area contributed by atoms with E-state index in [0.29, 0.717) is 6.61 Å². The Morgan fingerprint density at radius 3 is 2.83 bits per heavy atom. The van der Waals surface area contributed by atoms with Crippen LogP contribution in [0.15, 0.2) is 42.7 Å². The number of hydrogen-bond donors (Lipinski definition) is 1. The predicted octanol–water partition coefficient (Wildman–Crippen LogP) is 2.87. The van der Waals surface area contributed by atoms with E-state index >= 15 is 0 Å². The summed E-state index contributed by atoms with van der Waals surface area (Å²) in [5, 5.41) is 3.13. The van der Waals surface area contributed by atoms with Crippen LogP contribution in [-0.2, 0) is 6.54 Å². The fourth-order valence-electron chi connectivity index (χ4n) is 1.92. The summed E-state index contributed by atoms with van der Waals surface area (Å²) >= 11 is 0. The van der Waals surface area contributed by atoms with Gasteiger partial charge in [-0.2, -0.15) is 0 Å². The monoisotopic (exact) mass is 242 g/mol. The molecule has 0 saturated carbocycles. The van der Waals surface area contributed by atoms with Gasteiger partial charge >= 0.3 is 0 Å². The summed E-state index contributed by atoms with van der Waals surface area (Å²) < 4.78 is 5.65. The standard InChI is InChI=1S/C15H18N2O/c1-3-18-15-7-5-4-6-14(15)13-8-12(9-16-2)10-17-11-13/h4-8,10-11,16H,3,9H2,1-2H3. The van der Waals surface area contributed by atoms with E-state index in [9.17, 15) is 0 Å². The molecular formula is C15H18N2O. The number of ether oxygens (including phenoxy) is 1. The summed E-state index contributed by atoms with van der Waals surface area (Å²) in [6.45, 7) is 3.48. The van der Waals surface area contributed by atoms with E-state index < -0.39 is 0 Å². The Morgan fingerprint density at radius 1 is 1.22 bits per heavy atom. The molecule has 1 aromatic carbocycles. The first-order valence-electron chi connectivity index (χ1n) is 6.16. The Kier molecular flexibility index (Phi) is 4.31. The van der Waals surface area contributed by atoms with Crippen molar-refractivity contribution >= 4 is 0 Å². The van der Waals surface area contributed by atoms with Crippen molar-refractivity contribution in [1.82, 2.24) is 10.3 Å². The number of benzene rings is 1. The summed E-state index contributed by atoms with van der Waals surface area (Å²) in [7, 11) is 1.93. The van der Waals surface area contributed by atoms with Crippen molar-refractivity contribution < 1.29 is 4.74 Å². The summed E-state index contributed by atoms with van der Waals surface area (Å²) in [5.41, 5.74) is 3.35. The first-order chi connectivity index (χ1) is 8.85. The van der Waals surface area contributed by atoms with Crippen LogP contribution >= 0.6 is 0 Å². The molecule has 3 nitrogen and oxygen atoms in total. The third-order valence-electron chi connectivity index (χ3n) is 2.67. The van der Waals surface area contributed by atoms with Crippen LogP contribution in [0, 0.1) is 0 Å². The predicted molar refractivity (Wildman–Crippen MR) is 73.6 cm³/mol. The number of aromatic nitrogens is 1. The Hall–Kier alpha value is -1.87. The first kappa shape index (κ1) is 12.6. The lowest BCUT2D eigenvalue weighted by atomic mass is 10.0. The lowest BCUT2D eigenvalue weighted by Gasteiger charge is -2.10. The van der Waals surface area contributed by atoms with Crippen molar-refractivity contribution in [1.29, 1.82) is 0 Å². The van der Waals surface area contributed by atoms with Crippen LogP contribution in [0.5, 0.6) is 5.75 Å². The van der Waals surface area contributed by atoms with Crippen LogP contribution in [0.25, 0.3) is 11.1 Å². The maximum Gasteiger partial charge on any atom is 0.127 e. The van der Waals surface area contributed by atoms with Gasteiger partial charge in [0.05, 0.1) is 6.61 Å². The van der Waals surface area contributed by atoms with Crippen molar-refractivity contribution in [3.8, 4) is 16.9 Å². The van der Waals surface area contributed by atoms with Crippen LogP contribution in [0.1, 0.15) is 12.5 Å². The molecule has 0 bridgehead atoms. The summed E-state index contributed by atoms with van der Waals surface area (Å²) in [6.07, 6.45) is 3.75. The average molecular weight is 242 g/mol. The molecule has 0 atom stereocenters. The first-order valence-corrected chi connectivity index (χ1v) is 6.16. The van der Waals surface area contributed by atoms with Crippen LogP contribution in [0.3, 0.4) is 0 Å². The van der Waals surface area contributed by atoms with Gasteiger partial charge in [-0.05, 0) is 31.7 Å². The zero-order valence-corrected chi connectivity index (χ0v) is 10.8. The van der Waals surface area contributed by atoms with E-state index in [1.807, 2.05) is 44.6 Å². The second kappa shape index (κ2) is 6.17. The minimum Gasteiger partial charge on any atom is -0.493 e. The van der Waals surface area contributed by atoms with Gasteiger partial charge in [0.25, 0.3) is 0 Å². The molecule has 0 radical (unpaired) electrons. The van der Waals surface area contributed by atoms with Crippen LogP contribution in [0.4, 0.5) is 0 Å². The fraction of sp³-hybridized carbons (Fsp3) is 0.267. The lowest BCUT2D eigenvalue weighted by Crippen LogP contribution is -2.05. The molecular weight excluding hydrogens is 224 g/mol. The second-order valence-electron chi connectivity index (χ2n) is 4.04. The minimum absolute atomic E-state index is 0.667. The number of nitrogens with one attached hydrogen (secondary N) is 1. The minimum atomic E-state index is 0.667. The number of hydrogen-bond acceptors (Lipinski definition) is 3. The van der Waals surface area contributed by atoms with Crippen molar-refractivity contribution in [2.24, 2.45) is 0 Å². The molecule has 0 aliphatic carbocycles. The second-order valence-corrected chi connectivity index (χ2v) is 4.04. The van der Waals surface area contributed by atoms with Gasteiger partial charge in [0.1, 0.15) is 5.75 Å². The Bertz CT molecular complexity index is 511. The van der Waals surface area contributed by atoms with Gasteiger partial charge in [-0.15, -0.1) is 0 Å². The van der Waals surface area contributed by atoms with Gasteiger partial charge in [-0.1, -0.05) is 18.2 Å². The molecule has 1 N–H and O–H groups in total. The largest absolute Gasteiger partial charge is 0.493 e. The van der Waals surface area contributed by atoms with Crippen LogP contribution in [-0.4, -0.2) is 18.6 Å². The summed E-state index contributed by atoms with van der Waals surface area (Å²) in [5.74, 6) is 0.906. The molecule has 1 aromatic heterocycles. The zero-order chi connectivity index (χ0) is 12.8. The highest BCUT2D eigenvalue weighted by molar-refractivity contribution is 5.70. The van der Waals surface area contributed by atoms with Gasteiger partial charge < -0.3 is 10.1 Å². The summed E-state index contributed by atoms with van der Waals surface area (Å²) in [4.78, 5) is 4.29. The van der Waals surface area contributed by atoms with Crippen molar-refractivity contribution in [3.63, 3.8) is 0 Å². The van der Waals surface area contributed by atoms with Gasteiger partial charge in [0, 0.05) is 30.1 Å². The van der Waals surface area contributed by atoms with Crippen molar-refractivity contribution in [2.45, 2.75) is 13.5 Å². The number of nitrogens with zero attached hydrogens (tertiary/aromatic N) is 1. The molecule has 0 fully saturated rings. The maximum atomic E-state index is 5.65. The lowest BCUT2D eigenvalue weighted by molar-refractivity contribution is 0.341. The van der Waals surface area contributed by atoms with Gasteiger partial charge in [-0.3, -0.25) is 4.98 Å². The Morgan fingerprint density at radius 2 is 2.06 bits per heavy atom. The third-order valence-corrected chi connectivity index (χ3v) is 2.67. The van der Waals surface area contributed by atoms with E-state index in [0.717, 1.165) is 23.4 Å². The fourth-order valence-corrected chi connectivity index (χ4v) is 1.92. The molecule has 1 heterocycles. The topological polar surface area (TPSA) is 34.1 Å². The Labute approximate surface area is 108 Å². The van der Waals surface area contributed by atoms with Crippen LogP contribution in [0.2, 0.25) is 0 Å². The number of para-hydroxylation sites is 1. The molecule has 3 heteroatoms. The van der Waals surface area contributed by atoms with E-state index in [1.54, 1.807) is 0 Å². The molecule has 0 saturated heterocycles. The van der Waals surface area contributed by atoms with E-state index in [4.69, 9.17) is 4.74 Å². The number of rotatable bonds is 5. The van der Waals surface area contributed by atoms with E-state index in [-0.39, 0.29) is 0 Å². The van der Waals surface area contributed by atoms with Gasteiger partial charge in [-0.25, -0.2) is 0 Å². The molecule has 94 valence electrons. The van der Waals surface area contributed by atoms with E-state index in [1.165, 1.54) is 5.56 Å². The SMILES string of the molecule is CCOc1ccccc1-c1cncc(CNC)c1. The molecule has 18 heavy (non-hydrogen) atoms. The van der Waals surface area contributed by atoms with Gasteiger partial charge in [0.2, 0.25) is 0 Å². The molecule has 0 aliphatic rings. The quantitative estimate of drug-likeness (QED) is 0.875. The highest BCUT2D eigenvalue weighted by Crippen LogP contribution is 2.29. The molecule has 2 aromatic rings. The highest BCUT2D eigenvalue weighted by atomic mass is 16.5. The number of pyridine rings is 1. The van der Waals surface area contributed by atoms with Crippen molar-refractivity contribution in [3.05, 3.63) is 48.3 Å². The van der Waals surface area contributed by atoms with Crippen molar-refractivity contribution in [2.75, 3.05) is 13.7 Å². The molecule has 0 unspecified atom stereocenters. The summed E-state index contributed by atoms with van der Waals surface area (Å²) in [6, 6.07) is 10.2. The molecule has 0 aliphatic heterocycles. The molecule has 0 amide bonds. The van der Waals surface area contributed by atoms with Crippen LogP contribution < -0.4 is 10.1 Å². The third kappa shape index (κ3) is 2.87. The Balaban J connectivity index is 2.38. The molecule has 2 rings (SSSR count). The normalized spacial score (nSPS) is 10.3. The molecule has 0 spiro atoms. The highest BCUT2D eigenvalue weighted by Gasteiger charge is 2.06. The van der Waals surface area contributed by atoms with Gasteiger partial charge in [0.15, 0.2) is 0 Å². The smallest absolute Gasteiger partial charge is 0.127 e. The zero-order valence-electron chi connectivity index (χ0n) is 10.8. The van der Waals surface area contributed by atoms with E-state index in [2.05, 4.69) is 22.4 Å². The maximum absolute atomic E-state index is 5.65. The average Bonchev–Trinajstić information content (AvgIpc) is 2.40.